The number of pyridine rings is 1. The largest absolute Gasteiger partial charge is 0.397 e. The summed E-state index contributed by atoms with van der Waals surface area (Å²) in [6.45, 7) is 4.56. The number of carbonyl (C=O) groups excluding carboxylic acids is 1. The molecule has 0 aliphatic heterocycles. The van der Waals surface area contributed by atoms with E-state index in [2.05, 4.69) is 10.3 Å². The minimum atomic E-state index is -0.0713. The fourth-order valence-electron chi connectivity index (χ4n) is 1.92. The average Bonchev–Trinajstić information content (AvgIpc) is 2.36. The second-order valence-corrected chi connectivity index (χ2v) is 4.31. The summed E-state index contributed by atoms with van der Waals surface area (Å²) < 4.78 is 0. The molecule has 0 fully saturated rings. The molecule has 1 amide bonds. The third-order valence-corrected chi connectivity index (χ3v) is 2.78. The first-order valence-electron chi connectivity index (χ1n) is 6.07. The third kappa shape index (κ3) is 2.27. The van der Waals surface area contributed by atoms with Crippen LogP contribution < -0.4 is 11.1 Å². The minimum absolute atomic E-state index is 0.0713. The number of aryl methyl sites for hydroxylation is 1. The van der Waals surface area contributed by atoms with Gasteiger partial charge in [-0.05, 0) is 25.5 Å². The minimum Gasteiger partial charge on any atom is -0.397 e. The molecular formula is C14H17N3O. The van der Waals surface area contributed by atoms with Gasteiger partial charge in [-0.1, -0.05) is 19.1 Å². The molecule has 1 heterocycles. The second-order valence-electron chi connectivity index (χ2n) is 4.31. The van der Waals surface area contributed by atoms with Crippen LogP contribution in [0, 0.1) is 6.92 Å². The first-order chi connectivity index (χ1) is 8.63. The predicted octanol–water partition coefficient (Wildman–Crippen LogP) is 2.27. The summed E-state index contributed by atoms with van der Waals surface area (Å²) in [6, 6.07) is 7.31. The van der Waals surface area contributed by atoms with Crippen LogP contribution in [0.2, 0.25) is 0 Å². The van der Waals surface area contributed by atoms with E-state index in [0.717, 1.165) is 17.5 Å². The SMILES string of the molecule is CCCNC(=O)c1cc(C)nc2c(N)cccc12. The van der Waals surface area contributed by atoms with Gasteiger partial charge in [-0.2, -0.15) is 0 Å². The van der Waals surface area contributed by atoms with Crippen LogP contribution in [-0.4, -0.2) is 17.4 Å². The lowest BCUT2D eigenvalue weighted by Crippen LogP contribution is -2.24. The molecule has 4 heteroatoms. The van der Waals surface area contributed by atoms with E-state index >= 15 is 0 Å². The van der Waals surface area contributed by atoms with E-state index in [9.17, 15) is 4.79 Å². The lowest BCUT2D eigenvalue weighted by atomic mass is 10.1. The van der Waals surface area contributed by atoms with E-state index in [1.807, 2.05) is 26.0 Å². The molecule has 94 valence electrons. The highest BCUT2D eigenvalue weighted by Gasteiger charge is 2.12. The van der Waals surface area contributed by atoms with Gasteiger partial charge >= 0.3 is 0 Å². The Kier molecular flexibility index (Phi) is 3.46. The first kappa shape index (κ1) is 12.4. The Balaban J connectivity index is 2.56. The van der Waals surface area contributed by atoms with Gasteiger partial charge in [0.05, 0.1) is 16.8 Å². The number of nitrogen functional groups attached to an aromatic ring is 1. The molecule has 4 nitrogen and oxygen atoms in total. The number of rotatable bonds is 3. The summed E-state index contributed by atoms with van der Waals surface area (Å²) in [6.07, 6.45) is 0.913. The van der Waals surface area contributed by atoms with Gasteiger partial charge in [0.2, 0.25) is 0 Å². The molecule has 3 N–H and O–H groups in total. The molecule has 0 saturated heterocycles. The summed E-state index contributed by atoms with van der Waals surface area (Å²) in [4.78, 5) is 16.5. The molecular weight excluding hydrogens is 226 g/mol. The predicted molar refractivity (Wildman–Crippen MR) is 73.5 cm³/mol. The van der Waals surface area contributed by atoms with Crippen molar-refractivity contribution in [3.05, 3.63) is 35.5 Å². The average molecular weight is 243 g/mol. The molecule has 1 aromatic carbocycles. The van der Waals surface area contributed by atoms with Gasteiger partial charge in [0, 0.05) is 17.6 Å². The lowest BCUT2D eigenvalue weighted by molar-refractivity contribution is 0.0955. The van der Waals surface area contributed by atoms with Crippen LogP contribution in [-0.2, 0) is 0 Å². The van der Waals surface area contributed by atoms with Gasteiger partial charge in [0.25, 0.3) is 5.91 Å². The zero-order chi connectivity index (χ0) is 13.1. The van der Waals surface area contributed by atoms with E-state index in [4.69, 9.17) is 5.73 Å². The first-order valence-corrected chi connectivity index (χ1v) is 6.07. The zero-order valence-corrected chi connectivity index (χ0v) is 10.7. The summed E-state index contributed by atoms with van der Waals surface area (Å²) in [5.41, 5.74) is 8.62. The molecule has 0 unspecified atom stereocenters. The molecule has 0 aliphatic carbocycles. The Morgan fingerprint density at radius 2 is 2.22 bits per heavy atom. The van der Waals surface area contributed by atoms with Gasteiger partial charge in [0.1, 0.15) is 0 Å². The van der Waals surface area contributed by atoms with Crippen molar-refractivity contribution in [2.24, 2.45) is 0 Å². The zero-order valence-electron chi connectivity index (χ0n) is 10.7. The number of benzene rings is 1. The second kappa shape index (κ2) is 5.04. The molecule has 18 heavy (non-hydrogen) atoms. The Morgan fingerprint density at radius 1 is 1.44 bits per heavy atom. The normalized spacial score (nSPS) is 10.6. The van der Waals surface area contributed by atoms with Gasteiger partial charge < -0.3 is 11.1 Å². The molecule has 2 rings (SSSR count). The van der Waals surface area contributed by atoms with Crippen LogP contribution >= 0.6 is 0 Å². The Morgan fingerprint density at radius 3 is 2.94 bits per heavy atom. The van der Waals surface area contributed by atoms with Crippen LogP contribution in [0.15, 0.2) is 24.3 Å². The van der Waals surface area contributed by atoms with Gasteiger partial charge in [0.15, 0.2) is 0 Å². The molecule has 2 aromatic rings. The van der Waals surface area contributed by atoms with Crippen LogP contribution in [0.3, 0.4) is 0 Å². The van der Waals surface area contributed by atoms with Gasteiger partial charge in [-0.3, -0.25) is 9.78 Å². The lowest BCUT2D eigenvalue weighted by Gasteiger charge is -2.09. The number of para-hydroxylation sites is 1. The van der Waals surface area contributed by atoms with Crippen molar-refractivity contribution < 1.29 is 4.79 Å². The molecule has 0 radical (unpaired) electrons. The van der Waals surface area contributed by atoms with E-state index in [1.54, 1.807) is 12.1 Å². The summed E-state index contributed by atoms with van der Waals surface area (Å²) in [7, 11) is 0. The number of hydrogen-bond donors (Lipinski definition) is 2. The van der Waals surface area contributed by atoms with Crippen molar-refractivity contribution in [1.29, 1.82) is 0 Å². The molecule has 1 aromatic heterocycles. The number of carbonyl (C=O) groups is 1. The standard InChI is InChI=1S/C14H17N3O/c1-3-7-16-14(18)11-8-9(2)17-13-10(11)5-4-6-12(13)15/h4-6,8H,3,7,15H2,1-2H3,(H,16,18). The Bertz CT molecular complexity index is 593. The summed E-state index contributed by atoms with van der Waals surface area (Å²) in [5.74, 6) is -0.0713. The number of fused-ring (bicyclic) bond motifs is 1. The van der Waals surface area contributed by atoms with Crippen molar-refractivity contribution in [3.63, 3.8) is 0 Å². The number of hydrogen-bond acceptors (Lipinski definition) is 3. The molecule has 0 saturated carbocycles. The highest BCUT2D eigenvalue weighted by molar-refractivity contribution is 6.08. The van der Waals surface area contributed by atoms with Crippen molar-refractivity contribution in [3.8, 4) is 0 Å². The summed E-state index contributed by atoms with van der Waals surface area (Å²) in [5, 5.41) is 3.68. The van der Waals surface area contributed by atoms with Crippen molar-refractivity contribution >= 4 is 22.5 Å². The van der Waals surface area contributed by atoms with Gasteiger partial charge in [-0.25, -0.2) is 0 Å². The van der Waals surface area contributed by atoms with E-state index in [-0.39, 0.29) is 5.91 Å². The monoisotopic (exact) mass is 243 g/mol. The van der Waals surface area contributed by atoms with E-state index in [1.165, 1.54) is 0 Å². The maximum atomic E-state index is 12.1. The topological polar surface area (TPSA) is 68.0 Å². The third-order valence-electron chi connectivity index (χ3n) is 2.78. The molecule has 0 atom stereocenters. The maximum Gasteiger partial charge on any atom is 0.252 e. The quantitative estimate of drug-likeness (QED) is 0.812. The van der Waals surface area contributed by atoms with Crippen LogP contribution in [0.25, 0.3) is 10.9 Å². The fraction of sp³-hybridized carbons (Fsp3) is 0.286. The highest BCUT2D eigenvalue weighted by atomic mass is 16.1. The highest BCUT2D eigenvalue weighted by Crippen LogP contribution is 2.23. The smallest absolute Gasteiger partial charge is 0.252 e. The molecule has 0 bridgehead atoms. The number of nitrogens with one attached hydrogen (secondary N) is 1. The van der Waals surface area contributed by atoms with E-state index < -0.39 is 0 Å². The number of nitrogens with two attached hydrogens (primary N) is 1. The number of nitrogens with zero attached hydrogens (tertiary/aromatic N) is 1. The van der Waals surface area contributed by atoms with Crippen LogP contribution in [0.4, 0.5) is 5.69 Å². The Hall–Kier alpha value is -2.10. The maximum absolute atomic E-state index is 12.1. The fourth-order valence-corrected chi connectivity index (χ4v) is 1.92. The van der Waals surface area contributed by atoms with Crippen molar-refractivity contribution in [1.82, 2.24) is 10.3 Å². The van der Waals surface area contributed by atoms with Crippen LogP contribution in [0.1, 0.15) is 29.4 Å². The van der Waals surface area contributed by atoms with Crippen molar-refractivity contribution in [2.75, 3.05) is 12.3 Å². The van der Waals surface area contributed by atoms with Crippen molar-refractivity contribution in [2.45, 2.75) is 20.3 Å². The van der Waals surface area contributed by atoms with Crippen LogP contribution in [0.5, 0.6) is 0 Å². The summed E-state index contributed by atoms with van der Waals surface area (Å²) >= 11 is 0. The number of aromatic nitrogens is 1. The van der Waals surface area contributed by atoms with E-state index in [0.29, 0.717) is 23.3 Å². The Labute approximate surface area is 106 Å². The molecule has 0 aliphatic rings. The van der Waals surface area contributed by atoms with Gasteiger partial charge in [-0.15, -0.1) is 0 Å². The number of anilines is 1. The molecule has 0 spiro atoms. The number of amides is 1.